The smallest absolute Gasteiger partial charge is 0.266 e. The van der Waals surface area contributed by atoms with Crippen LogP contribution < -0.4 is 5.32 Å². The lowest BCUT2D eigenvalue weighted by Gasteiger charge is -2.26. The minimum absolute atomic E-state index is 0.0823. The third-order valence-electron chi connectivity index (χ3n) is 1.86. The molecule has 0 fully saturated rings. The Morgan fingerprint density at radius 1 is 1.35 bits per heavy atom. The summed E-state index contributed by atoms with van der Waals surface area (Å²) in [5.41, 5.74) is 0. The van der Waals surface area contributed by atoms with Crippen LogP contribution in [-0.4, -0.2) is 74.6 Å². The van der Waals surface area contributed by atoms with Gasteiger partial charge in [0.25, 0.3) is 10.1 Å². The molecule has 0 spiro atoms. The topological polar surface area (TPSA) is 104 Å². The van der Waals surface area contributed by atoms with Gasteiger partial charge >= 0.3 is 0 Å². The highest BCUT2D eigenvalue weighted by molar-refractivity contribution is 7.85. The van der Waals surface area contributed by atoms with E-state index in [2.05, 4.69) is 5.32 Å². The van der Waals surface area contributed by atoms with Gasteiger partial charge in [0.15, 0.2) is 0 Å². The molecule has 0 aliphatic heterocycles. The first-order valence-electron chi connectivity index (χ1n) is 5.20. The molecule has 1 atom stereocenters. The van der Waals surface area contributed by atoms with Crippen LogP contribution in [0.4, 0.5) is 0 Å². The number of nitrogens with zero attached hydrogens (tertiary/aromatic N) is 1. The molecule has 0 aliphatic carbocycles. The highest BCUT2D eigenvalue weighted by Gasteiger charge is 2.18. The van der Waals surface area contributed by atoms with Gasteiger partial charge in [0.1, 0.15) is 12.6 Å². The van der Waals surface area contributed by atoms with Crippen molar-refractivity contribution in [3.63, 3.8) is 0 Å². The summed E-state index contributed by atoms with van der Waals surface area (Å²) in [6.07, 6.45) is -0.859. The van der Waals surface area contributed by atoms with E-state index < -0.39 is 27.9 Å². The zero-order chi connectivity index (χ0) is 13.7. The van der Waals surface area contributed by atoms with E-state index in [0.29, 0.717) is 11.0 Å². The van der Waals surface area contributed by atoms with Crippen molar-refractivity contribution in [2.75, 3.05) is 40.0 Å². The molecule has 0 heterocycles. The lowest BCUT2D eigenvalue weighted by molar-refractivity contribution is -0.873. The van der Waals surface area contributed by atoms with Crippen LogP contribution in [0.25, 0.3) is 0 Å². The quantitative estimate of drug-likeness (QED) is 0.383. The summed E-state index contributed by atoms with van der Waals surface area (Å²) >= 11 is 0. The number of nitrogens with one attached hydrogen (secondary N) is 1. The van der Waals surface area contributed by atoms with Crippen LogP contribution in [0.15, 0.2) is 0 Å². The molecule has 0 radical (unpaired) electrons. The fraction of sp³-hybridized carbons (Fsp3) is 0.889. The minimum Gasteiger partial charge on any atom is -0.387 e. The van der Waals surface area contributed by atoms with Crippen molar-refractivity contribution in [3.05, 3.63) is 0 Å². The maximum Gasteiger partial charge on any atom is 0.266 e. The average Bonchev–Trinajstić information content (AvgIpc) is 1.96. The number of hydrogen-bond acceptors (Lipinski definition) is 4. The van der Waals surface area contributed by atoms with Gasteiger partial charge in [0, 0.05) is 6.54 Å². The van der Waals surface area contributed by atoms with Crippen LogP contribution >= 0.6 is 0 Å². The zero-order valence-electron chi connectivity index (χ0n) is 10.4. The second kappa shape index (κ2) is 6.29. The molecule has 0 aromatic heterocycles. The van der Waals surface area contributed by atoms with Gasteiger partial charge in [-0.15, -0.1) is 0 Å². The summed E-state index contributed by atoms with van der Waals surface area (Å²) in [6, 6.07) is 0. The van der Waals surface area contributed by atoms with Gasteiger partial charge in [0.05, 0.1) is 33.3 Å². The number of hydrogen-bond donors (Lipinski definition) is 3. The molecule has 1 amide bonds. The number of likely N-dealkylation sites (N-methyl/N-ethyl adjacent to an activating group) is 1. The Kier molecular flexibility index (Phi) is 6.03. The van der Waals surface area contributed by atoms with Gasteiger partial charge in [-0.1, -0.05) is 0 Å². The fourth-order valence-corrected chi connectivity index (χ4v) is 1.66. The highest BCUT2D eigenvalue weighted by atomic mass is 32.2. The highest BCUT2D eigenvalue weighted by Crippen LogP contribution is 1.99. The number of carbonyl (C=O) groups excluding carboxylic acids is 1. The number of amides is 1. The lowest BCUT2D eigenvalue weighted by Crippen LogP contribution is -2.43. The largest absolute Gasteiger partial charge is 0.387 e. The van der Waals surface area contributed by atoms with Crippen molar-refractivity contribution in [3.8, 4) is 0 Å². The van der Waals surface area contributed by atoms with Crippen LogP contribution in [-0.2, 0) is 14.9 Å². The Morgan fingerprint density at radius 2 is 1.88 bits per heavy atom. The number of aliphatic hydroxyl groups is 1. The summed E-state index contributed by atoms with van der Waals surface area (Å²) in [5, 5.41) is 11.9. The third-order valence-corrected chi connectivity index (χ3v) is 2.58. The summed E-state index contributed by atoms with van der Waals surface area (Å²) in [6.45, 7) is 0.264. The van der Waals surface area contributed by atoms with E-state index in [4.69, 9.17) is 4.55 Å². The van der Waals surface area contributed by atoms with Gasteiger partial charge in [0.2, 0.25) is 5.91 Å². The maximum atomic E-state index is 11.3. The minimum atomic E-state index is -4.06. The third kappa shape index (κ3) is 11.6. The maximum absolute atomic E-state index is 11.3. The van der Waals surface area contributed by atoms with Gasteiger partial charge in [-0.25, -0.2) is 0 Å². The molecule has 17 heavy (non-hydrogen) atoms. The first-order chi connectivity index (χ1) is 7.49. The van der Waals surface area contributed by atoms with Crippen LogP contribution in [0.2, 0.25) is 0 Å². The molecule has 0 bridgehead atoms. The molecule has 0 saturated heterocycles. The summed E-state index contributed by atoms with van der Waals surface area (Å²) in [4.78, 5) is 11.3. The number of rotatable bonds is 7. The summed E-state index contributed by atoms with van der Waals surface area (Å²) < 4.78 is 29.7. The number of quaternary nitrogens is 1. The molecular formula is C9H21N2O5S+. The Balaban J connectivity index is 3.87. The first-order valence-corrected chi connectivity index (χ1v) is 6.81. The standard InChI is InChI=1S/C9H20N2O5S/c1-11(2,3)7-8(12)6-9(13)10-4-5-17(14,15)16/h8,12H,4-7H2,1-3H3,(H-,10,13,14,15,16)/p+1/t8-/m1/s1. The Hall–Kier alpha value is -0.700. The second-order valence-corrected chi connectivity index (χ2v) is 6.54. The van der Waals surface area contributed by atoms with E-state index in [1.165, 1.54) is 0 Å². The van der Waals surface area contributed by atoms with Crippen molar-refractivity contribution >= 4 is 16.0 Å². The van der Waals surface area contributed by atoms with Crippen LogP contribution in [0.1, 0.15) is 6.42 Å². The van der Waals surface area contributed by atoms with Crippen molar-refractivity contribution in [2.24, 2.45) is 0 Å². The van der Waals surface area contributed by atoms with E-state index >= 15 is 0 Å². The zero-order valence-corrected chi connectivity index (χ0v) is 11.2. The Morgan fingerprint density at radius 3 is 2.29 bits per heavy atom. The van der Waals surface area contributed by atoms with Gasteiger partial charge in [-0.2, -0.15) is 8.42 Å². The number of aliphatic hydroxyl groups excluding tert-OH is 1. The van der Waals surface area contributed by atoms with E-state index in [1.807, 2.05) is 21.1 Å². The molecule has 0 aliphatic rings. The normalized spacial score (nSPS) is 14.4. The molecule has 102 valence electrons. The van der Waals surface area contributed by atoms with Gasteiger partial charge < -0.3 is 14.9 Å². The SMILES string of the molecule is C[N+](C)(C)C[C@H](O)CC(=O)NCCS(=O)(=O)O. The molecule has 8 heteroatoms. The Labute approximate surface area is 102 Å². The molecule has 0 aromatic carbocycles. The van der Waals surface area contributed by atoms with E-state index in [1.54, 1.807) is 0 Å². The van der Waals surface area contributed by atoms with Crippen molar-refractivity contribution in [2.45, 2.75) is 12.5 Å². The summed E-state index contributed by atoms with van der Waals surface area (Å²) in [7, 11) is 1.61. The molecule has 0 saturated carbocycles. The average molecular weight is 269 g/mol. The van der Waals surface area contributed by atoms with E-state index in [0.717, 1.165) is 0 Å². The lowest BCUT2D eigenvalue weighted by atomic mass is 10.2. The van der Waals surface area contributed by atoms with Crippen LogP contribution in [0.5, 0.6) is 0 Å². The van der Waals surface area contributed by atoms with Crippen molar-refractivity contribution in [1.82, 2.24) is 5.32 Å². The molecular weight excluding hydrogens is 248 g/mol. The molecule has 0 rings (SSSR count). The Bertz CT molecular complexity index is 347. The molecule has 3 N–H and O–H groups in total. The summed E-state index contributed by atoms with van der Waals surface area (Å²) in [5.74, 6) is -0.959. The first kappa shape index (κ1) is 16.3. The molecule has 0 aromatic rings. The van der Waals surface area contributed by atoms with E-state index in [-0.39, 0.29) is 13.0 Å². The predicted molar refractivity (Wildman–Crippen MR) is 62.9 cm³/mol. The van der Waals surface area contributed by atoms with Gasteiger partial charge in [-0.3, -0.25) is 9.35 Å². The molecule has 0 unspecified atom stereocenters. The monoisotopic (exact) mass is 269 g/mol. The van der Waals surface area contributed by atoms with Crippen LogP contribution in [0, 0.1) is 0 Å². The fourth-order valence-electron chi connectivity index (χ4n) is 1.30. The molecule has 7 nitrogen and oxygen atoms in total. The number of carbonyl (C=O) groups is 1. The van der Waals surface area contributed by atoms with Crippen molar-refractivity contribution in [1.29, 1.82) is 0 Å². The van der Waals surface area contributed by atoms with Crippen molar-refractivity contribution < 1.29 is 27.4 Å². The second-order valence-electron chi connectivity index (χ2n) is 4.97. The predicted octanol–water partition coefficient (Wildman–Crippen LogP) is -1.55. The van der Waals surface area contributed by atoms with E-state index in [9.17, 15) is 18.3 Å². The van der Waals surface area contributed by atoms with Crippen LogP contribution in [0.3, 0.4) is 0 Å². The van der Waals surface area contributed by atoms with Gasteiger partial charge in [-0.05, 0) is 0 Å².